The summed E-state index contributed by atoms with van der Waals surface area (Å²) < 4.78 is 7.80. The molecule has 18 heavy (non-hydrogen) atoms. The van der Waals surface area contributed by atoms with Crippen molar-refractivity contribution < 1.29 is 4.74 Å². The van der Waals surface area contributed by atoms with Gasteiger partial charge in [0.15, 0.2) is 0 Å². The van der Waals surface area contributed by atoms with E-state index in [0.29, 0.717) is 18.6 Å². The van der Waals surface area contributed by atoms with Crippen LogP contribution in [0.4, 0.5) is 0 Å². The first-order chi connectivity index (χ1) is 8.79. The molecule has 0 saturated carbocycles. The lowest BCUT2D eigenvalue weighted by Crippen LogP contribution is -2.32. The smallest absolute Gasteiger partial charge is 0.0906 e. The van der Waals surface area contributed by atoms with E-state index in [1.54, 1.807) is 0 Å². The van der Waals surface area contributed by atoms with Gasteiger partial charge < -0.3 is 10.1 Å². The lowest BCUT2D eigenvalue weighted by Gasteiger charge is -2.22. The van der Waals surface area contributed by atoms with E-state index >= 15 is 0 Å². The molecule has 1 fully saturated rings. The van der Waals surface area contributed by atoms with E-state index in [2.05, 4.69) is 36.5 Å². The summed E-state index contributed by atoms with van der Waals surface area (Å²) in [5.41, 5.74) is 1.04. The molecule has 4 heteroatoms. The molecule has 1 N–H and O–H groups in total. The van der Waals surface area contributed by atoms with Gasteiger partial charge in [-0.05, 0) is 44.7 Å². The molecule has 1 aromatic rings. The van der Waals surface area contributed by atoms with E-state index in [0.717, 1.165) is 31.8 Å². The molecule has 0 radical (unpaired) electrons. The van der Waals surface area contributed by atoms with E-state index in [-0.39, 0.29) is 0 Å². The van der Waals surface area contributed by atoms with E-state index in [1.807, 2.05) is 4.68 Å². The Balaban J connectivity index is 1.71. The molecular weight excluding hydrogens is 226 g/mol. The van der Waals surface area contributed by atoms with Crippen molar-refractivity contribution >= 4 is 0 Å². The molecule has 1 aliphatic rings. The quantitative estimate of drug-likeness (QED) is 0.843. The standard InChI is InChI=1S/C14H25N3O/c1-3-12(2)17-8-6-14(16-17)11-18-10-13-5-4-7-15-9-13/h6,8,12-13,15H,3-5,7,9-11H2,1-2H3. The molecule has 2 heterocycles. The first kappa shape index (κ1) is 13.6. The van der Waals surface area contributed by atoms with Crippen LogP contribution in [-0.2, 0) is 11.3 Å². The van der Waals surface area contributed by atoms with Crippen LogP contribution in [0.15, 0.2) is 12.3 Å². The Morgan fingerprint density at radius 3 is 3.22 bits per heavy atom. The van der Waals surface area contributed by atoms with Crippen LogP contribution < -0.4 is 5.32 Å². The largest absolute Gasteiger partial charge is 0.375 e. The topological polar surface area (TPSA) is 39.1 Å². The van der Waals surface area contributed by atoms with Crippen molar-refractivity contribution in [2.75, 3.05) is 19.7 Å². The van der Waals surface area contributed by atoms with E-state index in [9.17, 15) is 0 Å². The van der Waals surface area contributed by atoms with Gasteiger partial charge in [-0.2, -0.15) is 5.10 Å². The van der Waals surface area contributed by atoms with Gasteiger partial charge in [0.05, 0.1) is 18.9 Å². The molecule has 2 rings (SSSR count). The molecule has 102 valence electrons. The summed E-state index contributed by atoms with van der Waals surface area (Å²) in [6, 6.07) is 2.53. The predicted octanol–water partition coefficient (Wildman–Crippen LogP) is 2.37. The number of rotatable bonds is 6. The molecule has 0 aromatic carbocycles. The number of nitrogens with zero attached hydrogens (tertiary/aromatic N) is 2. The van der Waals surface area contributed by atoms with Crippen LogP contribution in [-0.4, -0.2) is 29.5 Å². The van der Waals surface area contributed by atoms with Crippen molar-refractivity contribution in [2.24, 2.45) is 5.92 Å². The number of nitrogens with one attached hydrogen (secondary N) is 1. The molecule has 0 bridgehead atoms. The molecule has 0 amide bonds. The molecule has 1 aliphatic heterocycles. The minimum Gasteiger partial charge on any atom is -0.375 e. The van der Waals surface area contributed by atoms with E-state index in [1.165, 1.54) is 12.8 Å². The van der Waals surface area contributed by atoms with Gasteiger partial charge in [0.2, 0.25) is 0 Å². The van der Waals surface area contributed by atoms with Gasteiger partial charge in [-0.3, -0.25) is 4.68 Å². The number of hydrogen-bond donors (Lipinski definition) is 1. The second kappa shape index (κ2) is 6.90. The Kier molecular flexibility index (Phi) is 5.20. The van der Waals surface area contributed by atoms with Gasteiger partial charge in [0.25, 0.3) is 0 Å². The second-order valence-electron chi connectivity index (χ2n) is 5.27. The van der Waals surface area contributed by atoms with Crippen LogP contribution in [0.3, 0.4) is 0 Å². The zero-order valence-electron chi connectivity index (χ0n) is 11.6. The maximum Gasteiger partial charge on any atom is 0.0906 e. The highest BCUT2D eigenvalue weighted by Crippen LogP contribution is 2.12. The maximum absolute atomic E-state index is 5.77. The van der Waals surface area contributed by atoms with Crippen LogP contribution in [0.25, 0.3) is 0 Å². The summed E-state index contributed by atoms with van der Waals surface area (Å²) in [4.78, 5) is 0. The number of hydrogen-bond acceptors (Lipinski definition) is 3. The molecular formula is C14H25N3O. The van der Waals surface area contributed by atoms with Crippen molar-refractivity contribution in [1.82, 2.24) is 15.1 Å². The second-order valence-corrected chi connectivity index (χ2v) is 5.27. The first-order valence-electron chi connectivity index (χ1n) is 7.12. The molecule has 2 atom stereocenters. The minimum absolute atomic E-state index is 0.473. The highest BCUT2D eigenvalue weighted by atomic mass is 16.5. The van der Waals surface area contributed by atoms with Crippen molar-refractivity contribution in [2.45, 2.75) is 45.8 Å². The van der Waals surface area contributed by atoms with Gasteiger partial charge >= 0.3 is 0 Å². The zero-order valence-corrected chi connectivity index (χ0v) is 11.6. The van der Waals surface area contributed by atoms with Crippen molar-refractivity contribution in [3.05, 3.63) is 18.0 Å². The number of aromatic nitrogens is 2. The first-order valence-corrected chi connectivity index (χ1v) is 7.12. The monoisotopic (exact) mass is 251 g/mol. The Labute approximate surface area is 110 Å². The van der Waals surface area contributed by atoms with Crippen molar-refractivity contribution in [3.63, 3.8) is 0 Å². The fourth-order valence-corrected chi connectivity index (χ4v) is 2.28. The minimum atomic E-state index is 0.473. The fourth-order valence-electron chi connectivity index (χ4n) is 2.28. The van der Waals surface area contributed by atoms with Gasteiger partial charge in [-0.1, -0.05) is 6.92 Å². The Morgan fingerprint density at radius 1 is 1.61 bits per heavy atom. The van der Waals surface area contributed by atoms with E-state index < -0.39 is 0 Å². The Hall–Kier alpha value is -0.870. The molecule has 2 unspecified atom stereocenters. The average molecular weight is 251 g/mol. The highest BCUT2D eigenvalue weighted by molar-refractivity contribution is 4.97. The summed E-state index contributed by atoms with van der Waals surface area (Å²) in [7, 11) is 0. The maximum atomic E-state index is 5.77. The van der Waals surface area contributed by atoms with Crippen molar-refractivity contribution in [3.8, 4) is 0 Å². The summed E-state index contributed by atoms with van der Waals surface area (Å²) in [6.45, 7) is 8.12. The van der Waals surface area contributed by atoms with Gasteiger partial charge in [0.1, 0.15) is 0 Å². The van der Waals surface area contributed by atoms with Crippen LogP contribution >= 0.6 is 0 Å². The predicted molar refractivity (Wildman–Crippen MR) is 72.5 cm³/mol. The van der Waals surface area contributed by atoms with Crippen LogP contribution in [0, 0.1) is 5.92 Å². The third kappa shape index (κ3) is 3.82. The number of ether oxygens (including phenoxy) is 1. The molecule has 4 nitrogen and oxygen atoms in total. The average Bonchev–Trinajstić information content (AvgIpc) is 2.88. The lowest BCUT2D eigenvalue weighted by atomic mass is 10.0. The molecule has 1 saturated heterocycles. The summed E-state index contributed by atoms with van der Waals surface area (Å²) >= 11 is 0. The molecule has 0 aliphatic carbocycles. The third-order valence-electron chi connectivity index (χ3n) is 3.71. The van der Waals surface area contributed by atoms with Crippen LogP contribution in [0.2, 0.25) is 0 Å². The van der Waals surface area contributed by atoms with Crippen LogP contribution in [0.1, 0.15) is 44.8 Å². The van der Waals surface area contributed by atoms with Crippen LogP contribution in [0.5, 0.6) is 0 Å². The molecule has 0 spiro atoms. The highest BCUT2D eigenvalue weighted by Gasteiger charge is 2.13. The van der Waals surface area contributed by atoms with Gasteiger partial charge in [-0.15, -0.1) is 0 Å². The summed E-state index contributed by atoms with van der Waals surface area (Å²) in [5, 5.41) is 7.95. The lowest BCUT2D eigenvalue weighted by molar-refractivity contribution is 0.0759. The summed E-state index contributed by atoms with van der Waals surface area (Å²) in [5.74, 6) is 0.676. The third-order valence-corrected chi connectivity index (χ3v) is 3.71. The SMILES string of the molecule is CCC(C)n1ccc(COCC2CCCNC2)n1. The fraction of sp³-hybridized carbons (Fsp3) is 0.786. The zero-order chi connectivity index (χ0) is 12.8. The molecule has 1 aromatic heterocycles. The number of piperidine rings is 1. The summed E-state index contributed by atoms with van der Waals surface area (Å²) in [6.07, 6.45) is 5.72. The normalized spacial score (nSPS) is 22.0. The van der Waals surface area contributed by atoms with Gasteiger partial charge in [-0.25, -0.2) is 0 Å². The van der Waals surface area contributed by atoms with Gasteiger partial charge in [0, 0.05) is 18.8 Å². The Morgan fingerprint density at radius 2 is 2.50 bits per heavy atom. The van der Waals surface area contributed by atoms with E-state index in [4.69, 9.17) is 4.74 Å². The van der Waals surface area contributed by atoms with Crippen molar-refractivity contribution in [1.29, 1.82) is 0 Å². The Bertz CT molecular complexity index is 345.